The fourth-order valence-electron chi connectivity index (χ4n) is 3.68. The Morgan fingerprint density at radius 3 is 2.68 bits per heavy atom. The molecule has 31 heavy (non-hydrogen) atoms. The van der Waals surface area contributed by atoms with Gasteiger partial charge in [0.2, 0.25) is 0 Å². The van der Waals surface area contributed by atoms with Crippen LogP contribution in [0.2, 0.25) is 0 Å². The van der Waals surface area contributed by atoms with E-state index in [0.717, 1.165) is 42.0 Å². The van der Waals surface area contributed by atoms with Crippen molar-refractivity contribution in [1.29, 1.82) is 0 Å². The number of hydrogen-bond donors (Lipinski definition) is 2. The van der Waals surface area contributed by atoms with Crippen molar-refractivity contribution in [3.63, 3.8) is 0 Å². The lowest BCUT2D eigenvalue weighted by molar-refractivity contribution is -0.121. The lowest BCUT2D eigenvalue weighted by Gasteiger charge is -2.12. The summed E-state index contributed by atoms with van der Waals surface area (Å²) in [4.78, 5) is 25.8. The molecular weight excluding hydrogens is 432 g/mol. The number of esters is 1. The zero-order valence-electron chi connectivity index (χ0n) is 17.0. The van der Waals surface area contributed by atoms with E-state index in [4.69, 9.17) is 21.7 Å². The van der Waals surface area contributed by atoms with Gasteiger partial charge in [-0.15, -0.1) is 11.3 Å². The number of fused-ring (bicyclic) bond motifs is 2. The van der Waals surface area contributed by atoms with Gasteiger partial charge in [-0.2, -0.15) is 0 Å². The summed E-state index contributed by atoms with van der Waals surface area (Å²) in [5.74, 6) is -0.172. The summed E-state index contributed by atoms with van der Waals surface area (Å²) in [7, 11) is 1.36. The van der Waals surface area contributed by atoms with E-state index < -0.39 is 5.97 Å². The van der Waals surface area contributed by atoms with Gasteiger partial charge in [-0.1, -0.05) is 30.3 Å². The largest absolute Gasteiger partial charge is 0.484 e. The molecule has 0 aliphatic heterocycles. The molecule has 0 saturated heterocycles. The number of thiocarbonyl (C=S) groups is 1. The highest BCUT2D eigenvalue weighted by Crippen LogP contribution is 2.38. The Bertz CT molecular complexity index is 1160. The predicted molar refractivity (Wildman–Crippen MR) is 126 cm³/mol. The monoisotopic (exact) mass is 454 g/mol. The van der Waals surface area contributed by atoms with Gasteiger partial charge in [-0.05, 0) is 66.4 Å². The molecular formula is C23H22N2O4S2. The molecule has 0 fully saturated rings. The van der Waals surface area contributed by atoms with Gasteiger partial charge in [0.25, 0.3) is 5.91 Å². The number of benzene rings is 2. The van der Waals surface area contributed by atoms with Crippen molar-refractivity contribution in [2.24, 2.45) is 0 Å². The van der Waals surface area contributed by atoms with Crippen LogP contribution in [0.5, 0.6) is 5.75 Å². The Hall–Kier alpha value is -2.97. The van der Waals surface area contributed by atoms with Crippen molar-refractivity contribution in [2.75, 3.05) is 19.0 Å². The smallest absolute Gasteiger partial charge is 0.341 e. The first kappa shape index (κ1) is 21.3. The topological polar surface area (TPSA) is 76.7 Å². The van der Waals surface area contributed by atoms with E-state index in [0.29, 0.717) is 16.3 Å². The molecule has 4 rings (SSSR count). The van der Waals surface area contributed by atoms with Crippen molar-refractivity contribution in [3.05, 3.63) is 58.5 Å². The highest BCUT2D eigenvalue weighted by atomic mass is 32.1. The zero-order valence-corrected chi connectivity index (χ0v) is 18.7. The molecule has 0 spiro atoms. The number of hydrogen-bond acceptors (Lipinski definition) is 6. The van der Waals surface area contributed by atoms with Gasteiger partial charge in [0, 0.05) is 4.88 Å². The molecule has 0 atom stereocenters. The van der Waals surface area contributed by atoms with E-state index in [2.05, 4.69) is 10.6 Å². The van der Waals surface area contributed by atoms with E-state index in [1.54, 1.807) is 0 Å². The number of anilines is 1. The summed E-state index contributed by atoms with van der Waals surface area (Å²) in [6, 6.07) is 13.6. The van der Waals surface area contributed by atoms with Gasteiger partial charge in [0.15, 0.2) is 11.7 Å². The quantitative estimate of drug-likeness (QED) is 0.438. The van der Waals surface area contributed by atoms with Crippen LogP contribution in [0.25, 0.3) is 10.8 Å². The Morgan fingerprint density at radius 1 is 1.10 bits per heavy atom. The van der Waals surface area contributed by atoms with Crippen molar-refractivity contribution in [3.8, 4) is 5.75 Å². The van der Waals surface area contributed by atoms with E-state index >= 15 is 0 Å². The molecule has 160 valence electrons. The molecule has 0 radical (unpaired) electrons. The average Bonchev–Trinajstić information content (AvgIpc) is 3.14. The van der Waals surface area contributed by atoms with Gasteiger partial charge >= 0.3 is 5.97 Å². The van der Waals surface area contributed by atoms with Crippen molar-refractivity contribution >= 4 is 56.3 Å². The summed E-state index contributed by atoms with van der Waals surface area (Å²) < 4.78 is 10.6. The Kier molecular flexibility index (Phi) is 6.48. The fraction of sp³-hybridized carbons (Fsp3) is 0.261. The molecule has 1 aromatic heterocycles. The number of thiophene rings is 1. The lowest BCUT2D eigenvalue weighted by Crippen LogP contribution is -2.37. The Morgan fingerprint density at radius 2 is 1.87 bits per heavy atom. The zero-order chi connectivity index (χ0) is 21.8. The summed E-state index contributed by atoms with van der Waals surface area (Å²) in [5, 5.41) is 8.48. The third-order valence-corrected chi connectivity index (χ3v) is 6.54. The Labute approximate surface area is 189 Å². The number of amides is 1. The minimum absolute atomic E-state index is 0.121. The van der Waals surface area contributed by atoms with Crippen LogP contribution in [-0.4, -0.2) is 30.7 Å². The van der Waals surface area contributed by atoms with Gasteiger partial charge in [-0.3, -0.25) is 10.1 Å². The van der Waals surface area contributed by atoms with Crippen LogP contribution in [0, 0.1) is 0 Å². The number of carbonyl (C=O) groups is 2. The Balaban J connectivity index is 1.37. The maximum atomic E-state index is 12.3. The maximum absolute atomic E-state index is 12.3. The average molecular weight is 455 g/mol. The number of methoxy groups -OCH3 is 1. The van der Waals surface area contributed by atoms with E-state index in [1.807, 2.05) is 42.5 Å². The predicted octanol–water partition coefficient (Wildman–Crippen LogP) is 4.46. The third kappa shape index (κ3) is 4.86. The normalized spacial score (nSPS) is 12.7. The summed E-state index contributed by atoms with van der Waals surface area (Å²) in [6.07, 6.45) is 3.92. The highest BCUT2D eigenvalue weighted by molar-refractivity contribution is 7.80. The van der Waals surface area contributed by atoms with E-state index in [9.17, 15) is 9.59 Å². The van der Waals surface area contributed by atoms with Gasteiger partial charge < -0.3 is 14.8 Å². The molecule has 1 amide bonds. The molecule has 3 aromatic rings. The fourth-order valence-corrected chi connectivity index (χ4v) is 5.24. The standard InChI is InChI=1S/C23H22N2O4S2/c1-28-22(27)20-17-8-4-5-9-18(17)31-21(20)25-23(30)24-19(26)13-29-16-11-10-14-6-2-3-7-15(14)12-16/h2-3,6-7,10-12H,4-5,8-9,13H2,1H3,(H2,24,25,26,30). The first-order valence-electron chi connectivity index (χ1n) is 10.0. The van der Waals surface area contributed by atoms with Gasteiger partial charge in [0.1, 0.15) is 10.8 Å². The molecule has 1 heterocycles. The SMILES string of the molecule is COC(=O)c1c(NC(=S)NC(=O)COc2ccc3ccccc3c2)sc2c1CCCC2. The minimum atomic E-state index is -0.393. The maximum Gasteiger partial charge on any atom is 0.341 e. The van der Waals surface area contributed by atoms with Crippen LogP contribution in [0.4, 0.5) is 5.00 Å². The minimum Gasteiger partial charge on any atom is -0.484 e. The summed E-state index contributed by atoms with van der Waals surface area (Å²) in [6.45, 7) is -0.176. The number of nitrogens with one attached hydrogen (secondary N) is 2. The number of ether oxygens (including phenoxy) is 2. The van der Waals surface area contributed by atoms with Crippen molar-refractivity contribution < 1.29 is 19.1 Å². The van der Waals surface area contributed by atoms with Crippen LogP contribution in [0.15, 0.2) is 42.5 Å². The molecule has 1 aliphatic carbocycles. The summed E-state index contributed by atoms with van der Waals surface area (Å²) in [5.41, 5.74) is 1.55. The van der Waals surface area contributed by atoms with Gasteiger partial charge in [0.05, 0.1) is 12.7 Å². The summed E-state index contributed by atoms with van der Waals surface area (Å²) >= 11 is 6.78. The molecule has 0 bridgehead atoms. The molecule has 2 aromatic carbocycles. The third-order valence-electron chi connectivity index (χ3n) is 5.13. The van der Waals surface area contributed by atoms with Crippen LogP contribution in [0.3, 0.4) is 0 Å². The number of carbonyl (C=O) groups excluding carboxylic acids is 2. The van der Waals surface area contributed by atoms with Crippen LogP contribution >= 0.6 is 23.6 Å². The second kappa shape index (κ2) is 9.45. The van der Waals surface area contributed by atoms with Gasteiger partial charge in [-0.25, -0.2) is 4.79 Å². The second-order valence-corrected chi connectivity index (χ2v) is 8.72. The number of rotatable bonds is 5. The van der Waals surface area contributed by atoms with Crippen molar-refractivity contribution in [2.45, 2.75) is 25.7 Å². The van der Waals surface area contributed by atoms with Crippen LogP contribution in [-0.2, 0) is 22.4 Å². The molecule has 1 aliphatic rings. The first-order chi connectivity index (χ1) is 15.0. The lowest BCUT2D eigenvalue weighted by atomic mass is 9.95. The molecule has 6 nitrogen and oxygen atoms in total. The number of aryl methyl sites for hydroxylation is 1. The van der Waals surface area contributed by atoms with E-state index in [1.165, 1.54) is 23.3 Å². The molecule has 0 unspecified atom stereocenters. The van der Waals surface area contributed by atoms with Crippen LogP contribution < -0.4 is 15.4 Å². The van der Waals surface area contributed by atoms with Crippen molar-refractivity contribution in [1.82, 2.24) is 5.32 Å². The highest BCUT2D eigenvalue weighted by Gasteiger charge is 2.26. The molecule has 2 N–H and O–H groups in total. The second-order valence-electron chi connectivity index (χ2n) is 7.21. The first-order valence-corrected chi connectivity index (χ1v) is 11.2. The molecule has 0 saturated carbocycles. The van der Waals surface area contributed by atoms with E-state index in [-0.39, 0.29) is 17.6 Å². The van der Waals surface area contributed by atoms with Crippen LogP contribution in [0.1, 0.15) is 33.6 Å². The molecule has 8 heteroatoms.